The fourth-order valence-corrected chi connectivity index (χ4v) is 2.34. The van der Waals surface area contributed by atoms with Crippen LogP contribution in [0.3, 0.4) is 0 Å². The second-order valence-corrected chi connectivity index (χ2v) is 4.76. The maximum absolute atomic E-state index is 5.49. The van der Waals surface area contributed by atoms with E-state index in [4.69, 9.17) is 13.9 Å². The molecule has 2 N–H and O–H groups in total. The second kappa shape index (κ2) is 7.55. The molecule has 0 saturated carbocycles. The minimum atomic E-state index is 0.230. The molecule has 0 aliphatic carbocycles. The zero-order chi connectivity index (χ0) is 15.1. The highest BCUT2D eigenvalue weighted by Gasteiger charge is 2.19. The molecule has 2 aromatic rings. The maximum atomic E-state index is 5.49. The zero-order valence-corrected chi connectivity index (χ0v) is 12.5. The van der Waals surface area contributed by atoms with Crippen LogP contribution in [0.5, 0.6) is 11.5 Å². The lowest BCUT2D eigenvalue weighted by Crippen LogP contribution is -2.83. The predicted octanol–water partition coefficient (Wildman–Crippen LogP) is 2.68. The van der Waals surface area contributed by atoms with Gasteiger partial charge in [-0.1, -0.05) is 6.08 Å². The Morgan fingerprint density at radius 2 is 2.14 bits per heavy atom. The van der Waals surface area contributed by atoms with Crippen LogP contribution in [-0.4, -0.2) is 14.2 Å². The van der Waals surface area contributed by atoms with Gasteiger partial charge >= 0.3 is 0 Å². The SMILES string of the molecule is C=CC[C@@H]([NH2+]Cc1ccco1)c1ccc(OC)cc1OC. The third-order valence-corrected chi connectivity index (χ3v) is 3.44. The smallest absolute Gasteiger partial charge is 0.157 e. The van der Waals surface area contributed by atoms with Crippen molar-refractivity contribution in [3.05, 3.63) is 60.6 Å². The van der Waals surface area contributed by atoms with Crippen molar-refractivity contribution in [1.29, 1.82) is 0 Å². The van der Waals surface area contributed by atoms with E-state index in [-0.39, 0.29) is 6.04 Å². The number of hydrogen-bond acceptors (Lipinski definition) is 3. The highest BCUT2D eigenvalue weighted by atomic mass is 16.5. The molecular formula is C17H22NO3+. The molecule has 0 aliphatic rings. The van der Waals surface area contributed by atoms with Crippen LogP contribution in [0.15, 0.2) is 53.7 Å². The molecule has 1 heterocycles. The summed E-state index contributed by atoms with van der Waals surface area (Å²) in [6.07, 6.45) is 4.47. The van der Waals surface area contributed by atoms with Gasteiger partial charge in [-0.15, -0.1) is 6.58 Å². The van der Waals surface area contributed by atoms with Crippen molar-refractivity contribution < 1.29 is 19.2 Å². The maximum Gasteiger partial charge on any atom is 0.157 e. The van der Waals surface area contributed by atoms with Crippen LogP contribution < -0.4 is 14.8 Å². The molecule has 1 atom stereocenters. The summed E-state index contributed by atoms with van der Waals surface area (Å²) >= 11 is 0. The van der Waals surface area contributed by atoms with Crippen molar-refractivity contribution in [2.75, 3.05) is 14.2 Å². The number of ether oxygens (including phenoxy) is 2. The summed E-state index contributed by atoms with van der Waals surface area (Å²) in [6, 6.07) is 10.0. The van der Waals surface area contributed by atoms with Crippen molar-refractivity contribution in [1.82, 2.24) is 0 Å². The Kier molecular flexibility index (Phi) is 5.46. The van der Waals surface area contributed by atoms with E-state index in [1.54, 1.807) is 20.5 Å². The standard InChI is InChI=1S/C17H21NO3/c1-4-6-16(18-12-14-7-5-10-21-14)15-9-8-13(19-2)11-17(15)20-3/h4-5,7-11,16,18H,1,6,12H2,2-3H3/p+1/t16-/m1/s1. The summed E-state index contributed by atoms with van der Waals surface area (Å²) < 4.78 is 16.1. The van der Waals surface area contributed by atoms with E-state index in [1.165, 1.54) is 0 Å². The number of rotatable bonds is 8. The topological polar surface area (TPSA) is 48.2 Å². The molecule has 0 spiro atoms. The first kappa shape index (κ1) is 15.2. The van der Waals surface area contributed by atoms with Crippen molar-refractivity contribution >= 4 is 0 Å². The van der Waals surface area contributed by atoms with Crippen LogP contribution in [0.1, 0.15) is 23.8 Å². The molecule has 4 nitrogen and oxygen atoms in total. The summed E-state index contributed by atoms with van der Waals surface area (Å²) in [7, 11) is 3.33. The van der Waals surface area contributed by atoms with Gasteiger partial charge in [0.25, 0.3) is 0 Å². The van der Waals surface area contributed by atoms with E-state index in [0.29, 0.717) is 0 Å². The van der Waals surface area contributed by atoms with Crippen molar-refractivity contribution in [2.45, 2.75) is 19.0 Å². The van der Waals surface area contributed by atoms with Crippen molar-refractivity contribution in [3.63, 3.8) is 0 Å². The van der Waals surface area contributed by atoms with Gasteiger partial charge in [-0.05, 0) is 24.3 Å². The Bertz CT molecular complexity index is 563. The fraction of sp³-hybridized carbons (Fsp3) is 0.294. The summed E-state index contributed by atoms with van der Waals surface area (Å²) in [4.78, 5) is 0. The molecular weight excluding hydrogens is 266 g/mol. The third-order valence-electron chi connectivity index (χ3n) is 3.44. The van der Waals surface area contributed by atoms with Gasteiger partial charge in [-0.25, -0.2) is 0 Å². The lowest BCUT2D eigenvalue weighted by molar-refractivity contribution is -0.712. The third kappa shape index (κ3) is 3.89. The molecule has 21 heavy (non-hydrogen) atoms. The van der Waals surface area contributed by atoms with Gasteiger partial charge < -0.3 is 19.2 Å². The molecule has 1 aromatic carbocycles. The highest BCUT2D eigenvalue weighted by molar-refractivity contribution is 5.42. The summed E-state index contributed by atoms with van der Waals surface area (Å²) in [5, 5.41) is 2.23. The van der Waals surface area contributed by atoms with Gasteiger partial charge in [-0.3, -0.25) is 0 Å². The molecule has 4 heteroatoms. The summed E-state index contributed by atoms with van der Waals surface area (Å²) in [5.74, 6) is 2.58. The average molecular weight is 288 g/mol. The predicted molar refractivity (Wildman–Crippen MR) is 81.4 cm³/mol. The van der Waals surface area contributed by atoms with Gasteiger partial charge in [-0.2, -0.15) is 0 Å². The number of quaternary nitrogens is 1. The van der Waals surface area contributed by atoms with Crippen molar-refractivity contribution in [2.24, 2.45) is 0 Å². The number of benzene rings is 1. The normalized spacial score (nSPS) is 11.9. The second-order valence-electron chi connectivity index (χ2n) is 4.76. The highest BCUT2D eigenvalue weighted by Crippen LogP contribution is 2.29. The number of furan rings is 1. The average Bonchev–Trinajstić information content (AvgIpc) is 3.04. The van der Waals surface area contributed by atoms with Crippen LogP contribution in [0, 0.1) is 0 Å². The minimum Gasteiger partial charge on any atom is -0.497 e. The molecule has 1 aromatic heterocycles. The lowest BCUT2D eigenvalue weighted by atomic mass is 10.0. The summed E-state index contributed by atoms with van der Waals surface area (Å²) in [5.41, 5.74) is 1.13. The van der Waals surface area contributed by atoms with Crippen LogP contribution >= 0.6 is 0 Å². The first-order valence-corrected chi connectivity index (χ1v) is 6.97. The lowest BCUT2D eigenvalue weighted by Gasteiger charge is -2.17. The van der Waals surface area contributed by atoms with Crippen LogP contribution in [-0.2, 0) is 6.54 Å². The molecule has 0 radical (unpaired) electrons. The quantitative estimate of drug-likeness (QED) is 0.760. The summed E-state index contributed by atoms with van der Waals surface area (Å²) in [6.45, 7) is 4.63. The van der Waals surface area contributed by atoms with Crippen molar-refractivity contribution in [3.8, 4) is 11.5 Å². The Morgan fingerprint density at radius 3 is 2.76 bits per heavy atom. The van der Waals surface area contributed by atoms with E-state index in [1.807, 2.05) is 36.4 Å². The molecule has 112 valence electrons. The van der Waals surface area contributed by atoms with Crippen LogP contribution in [0.4, 0.5) is 0 Å². The van der Waals surface area contributed by atoms with Gasteiger partial charge in [0, 0.05) is 12.5 Å². The Morgan fingerprint density at radius 1 is 1.29 bits per heavy atom. The molecule has 0 amide bonds. The van der Waals surface area contributed by atoms with E-state index < -0.39 is 0 Å². The molecule has 2 rings (SSSR count). The number of hydrogen-bond donors (Lipinski definition) is 1. The van der Waals surface area contributed by atoms with E-state index in [0.717, 1.165) is 35.8 Å². The fourth-order valence-electron chi connectivity index (χ4n) is 2.34. The zero-order valence-electron chi connectivity index (χ0n) is 12.5. The number of nitrogens with two attached hydrogens (primary N) is 1. The molecule has 0 saturated heterocycles. The van der Waals surface area contributed by atoms with E-state index in [9.17, 15) is 0 Å². The largest absolute Gasteiger partial charge is 0.497 e. The van der Waals surface area contributed by atoms with Crippen LogP contribution in [0.2, 0.25) is 0 Å². The molecule has 0 aliphatic heterocycles. The minimum absolute atomic E-state index is 0.230. The Hall–Kier alpha value is -2.20. The van der Waals surface area contributed by atoms with E-state index in [2.05, 4.69) is 11.9 Å². The Labute approximate surface area is 125 Å². The monoisotopic (exact) mass is 288 g/mol. The first-order valence-electron chi connectivity index (χ1n) is 6.97. The Balaban J connectivity index is 2.18. The number of methoxy groups -OCH3 is 2. The first-order chi connectivity index (χ1) is 10.3. The molecule has 0 bridgehead atoms. The van der Waals surface area contributed by atoms with Gasteiger partial charge in [0.15, 0.2) is 5.76 Å². The van der Waals surface area contributed by atoms with E-state index >= 15 is 0 Å². The molecule has 0 fully saturated rings. The van der Waals surface area contributed by atoms with Crippen LogP contribution in [0.25, 0.3) is 0 Å². The van der Waals surface area contributed by atoms with Gasteiger partial charge in [0.05, 0.1) is 26.0 Å². The van der Waals surface area contributed by atoms with Gasteiger partial charge in [0.2, 0.25) is 0 Å². The van der Waals surface area contributed by atoms with Gasteiger partial charge in [0.1, 0.15) is 24.1 Å². The molecule has 0 unspecified atom stereocenters.